The summed E-state index contributed by atoms with van der Waals surface area (Å²) in [6, 6.07) is 0. The van der Waals surface area contributed by atoms with Gasteiger partial charge in [0.25, 0.3) is 0 Å². The zero-order chi connectivity index (χ0) is 12.4. The maximum atomic E-state index is 10.2. The Morgan fingerprint density at radius 1 is 1.13 bits per heavy atom. The van der Waals surface area contributed by atoms with Crippen LogP contribution in [0.2, 0.25) is 0 Å². The van der Waals surface area contributed by atoms with E-state index in [4.69, 9.17) is 15.3 Å². The first kappa shape index (κ1) is 15.6. The van der Waals surface area contributed by atoms with Crippen LogP contribution in [0.5, 0.6) is 0 Å². The molecule has 0 aliphatic carbocycles. The second-order valence-electron chi connectivity index (χ2n) is 2.64. The highest BCUT2D eigenvalue weighted by atomic mass is 16.4. The summed E-state index contributed by atoms with van der Waals surface area (Å²) in [6.45, 7) is 5.25. The van der Waals surface area contributed by atoms with Gasteiger partial charge in [0.15, 0.2) is 0 Å². The van der Waals surface area contributed by atoms with Crippen LogP contribution in [0.3, 0.4) is 0 Å². The quantitative estimate of drug-likeness (QED) is 0.589. The topological polar surface area (TPSA) is 112 Å². The lowest BCUT2D eigenvalue weighted by atomic mass is 10.0. The maximum absolute atomic E-state index is 10.2. The van der Waals surface area contributed by atoms with Crippen LogP contribution in [-0.4, -0.2) is 33.2 Å². The summed E-state index contributed by atoms with van der Waals surface area (Å²) in [4.78, 5) is 30.3. The van der Waals surface area contributed by atoms with Gasteiger partial charge in [0.05, 0.1) is 18.8 Å². The van der Waals surface area contributed by atoms with Gasteiger partial charge in [-0.1, -0.05) is 6.08 Å². The van der Waals surface area contributed by atoms with Crippen molar-refractivity contribution in [3.8, 4) is 0 Å². The van der Waals surface area contributed by atoms with Crippen LogP contribution < -0.4 is 0 Å². The van der Waals surface area contributed by atoms with Gasteiger partial charge in [-0.2, -0.15) is 0 Å². The number of hydrogen-bond donors (Lipinski definition) is 3. The van der Waals surface area contributed by atoms with Gasteiger partial charge < -0.3 is 15.3 Å². The average molecular weight is 218 g/mol. The Kier molecular flexibility index (Phi) is 9.09. The molecule has 0 bridgehead atoms. The SMILES string of the molecule is C=CC.O=C(O)CC(CC(=O)O)C(=O)O. The number of aliphatic carboxylic acids is 3. The molecule has 0 aromatic rings. The molecule has 0 fully saturated rings. The number of carboxylic acid groups (broad SMARTS) is 3. The lowest BCUT2D eigenvalue weighted by molar-refractivity contribution is -0.152. The van der Waals surface area contributed by atoms with Crippen LogP contribution in [0.4, 0.5) is 0 Å². The molecule has 0 spiro atoms. The zero-order valence-electron chi connectivity index (χ0n) is 8.34. The number of allylic oxidation sites excluding steroid dienone is 1. The molecular formula is C9H14O6. The van der Waals surface area contributed by atoms with Crippen molar-refractivity contribution in [3.63, 3.8) is 0 Å². The second kappa shape index (κ2) is 8.74. The Morgan fingerprint density at radius 2 is 1.40 bits per heavy atom. The summed E-state index contributed by atoms with van der Waals surface area (Å²) in [5, 5.41) is 24.7. The summed E-state index contributed by atoms with van der Waals surface area (Å²) < 4.78 is 0. The van der Waals surface area contributed by atoms with E-state index in [0.717, 1.165) is 0 Å². The molecule has 0 amide bonds. The third-order valence-electron chi connectivity index (χ3n) is 1.19. The van der Waals surface area contributed by atoms with E-state index < -0.39 is 36.7 Å². The van der Waals surface area contributed by atoms with Gasteiger partial charge in [-0.25, -0.2) is 0 Å². The molecule has 0 radical (unpaired) electrons. The summed E-state index contributed by atoms with van der Waals surface area (Å²) in [5.74, 6) is -5.38. The van der Waals surface area contributed by atoms with E-state index in [0.29, 0.717) is 0 Å². The Bertz CT molecular complexity index is 229. The van der Waals surface area contributed by atoms with Crippen LogP contribution in [0.25, 0.3) is 0 Å². The number of carbonyl (C=O) groups is 3. The second-order valence-corrected chi connectivity index (χ2v) is 2.64. The standard InChI is InChI=1S/C6H8O6.C3H6/c7-4(8)1-3(6(11)12)2-5(9)10;1-3-2/h3H,1-2H2,(H,7,8)(H,9,10)(H,11,12);3H,1H2,2H3. The molecule has 0 heterocycles. The van der Waals surface area contributed by atoms with E-state index in [1.165, 1.54) is 0 Å². The van der Waals surface area contributed by atoms with Crippen molar-refractivity contribution >= 4 is 17.9 Å². The van der Waals surface area contributed by atoms with Gasteiger partial charge in [-0.05, 0) is 6.92 Å². The minimum atomic E-state index is -1.40. The van der Waals surface area contributed by atoms with E-state index in [2.05, 4.69) is 6.58 Å². The fourth-order valence-corrected chi connectivity index (χ4v) is 0.668. The highest BCUT2D eigenvalue weighted by Gasteiger charge is 2.23. The zero-order valence-corrected chi connectivity index (χ0v) is 8.34. The molecule has 15 heavy (non-hydrogen) atoms. The van der Waals surface area contributed by atoms with Crippen molar-refractivity contribution in [2.75, 3.05) is 0 Å². The van der Waals surface area contributed by atoms with Gasteiger partial charge in [0.1, 0.15) is 0 Å². The Morgan fingerprint density at radius 3 is 1.53 bits per heavy atom. The van der Waals surface area contributed by atoms with Crippen molar-refractivity contribution in [3.05, 3.63) is 12.7 Å². The van der Waals surface area contributed by atoms with E-state index in [1.54, 1.807) is 6.08 Å². The highest BCUT2D eigenvalue weighted by molar-refractivity contribution is 5.82. The maximum Gasteiger partial charge on any atom is 0.307 e. The number of carboxylic acids is 3. The molecule has 3 N–H and O–H groups in total. The normalized spacial score (nSPS) is 8.67. The summed E-state index contributed by atoms with van der Waals surface area (Å²) in [7, 11) is 0. The number of hydrogen-bond acceptors (Lipinski definition) is 3. The van der Waals surface area contributed by atoms with Crippen LogP contribution in [0, 0.1) is 5.92 Å². The van der Waals surface area contributed by atoms with Gasteiger partial charge in [-0.15, -0.1) is 6.58 Å². The third kappa shape index (κ3) is 12.1. The molecular weight excluding hydrogens is 204 g/mol. The Balaban J connectivity index is 0. The minimum absolute atomic E-state index is 0.665. The van der Waals surface area contributed by atoms with Crippen LogP contribution in [0.15, 0.2) is 12.7 Å². The molecule has 0 unspecified atom stereocenters. The Labute approximate surface area is 86.8 Å². The molecule has 6 nitrogen and oxygen atoms in total. The highest BCUT2D eigenvalue weighted by Crippen LogP contribution is 2.08. The van der Waals surface area contributed by atoms with Crippen molar-refractivity contribution < 1.29 is 29.7 Å². The molecule has 0 atom stereocenters. The molecule has 0 aliphatic rings. The minimum Gasteiger partial charge on any atom is -0.481 e. The van der Waals surface area contributed by atoms with Crippen LogP contribution in [0.1, 0.15) is 19.8 Å². The molecule has 0 rings (SSSR count). The van der Waals surface area contributed by atoms with E-state index in [1.807, 2.05) is 6.92 Å². The predicted molar refractivity (Wildman–Crippen MR) is 51.5 cm³/mol. The monoisotopic (exact) mass is 218 g/mol. The van der Waals surface area contributed by atoms with Crippen molar-refractivity contribution in [1.82, 2.24) is 0 Å². The van der Waals surface area contributed by atoms with Gasteiger partial charge in [0, 0.05) is 0 Å². The van der Waals surface area contributed by atoms with Crippen molar-refractivity contribution in [1.29, 1.82) is 0 Å². The fourth-order valence-electron chi connectivity index (χ4n) is 0.668. The molecule has 86 valence electrons. The summed E-state index contributed by atoms with van der Waals surface area (Å²) >= 11 is 0. The molecule has 0 saturated heterocycles. The first-order valence-corrected chi connectivity index (χ1v) is 4.08. The summed E-state index contributed by atoms with van der Waals surface area (Å²) in [6.07, 6.45) is 0.420. The van der Waals surface area contributed by atoms with Crippen molar-refractivity contribution in [2.45, 2.75) is 19.8 Å². The van der Waals surface area contributed by atoms with Crippen LogP contribution >= 0.6 is 0 Å². The third-order valence-corrected chi connectivity index (χ3v) is 1.19. The van der Waals surface area contributed by atoms with Crippen molar-refractivity contribution in [2.24, 2.45) is 5.92 Å². The van der Waals surface area contributed by atoms with E-state index in [9.17, 15) is 14.4 Å². The molecule has 0 aromatic carbocycles. The first-order chi connectivity index (χ1) is 6.84. The lowest BCUT2D eigenvalue weighted by Crippen LogP contribution is -2.20. The van der Waals surface area contributed by atoms with Gasteiger partial charge >= 0.3 is 17.9 Å². The smallest absolute Gasteiger partial charge is 0.307 e. The average Bonchev–Trinajstić information content (AvgIpc) is 2.02. The summed E-state index contributed by atoms with van der Waals surface area (Å²) in [5.41, 5.74) is 0. The van der Waals surface area contributed by atoms with Gasteiger partial charge in [-0.3, -0.25) is 14.4 Å². The molecule has 0 aliphatic heterocycles. The molecule has 0 saturated carbocycles. The van der Waals surface area contributed by atoms with E-state index in [-0.39, 0.29) is 0 Å². The molecule has 6 heteroatoms. The molecule has 0 aromatic heterocycles. The Hall–Kier alpha value is -1.85. The predicted octanol–water partition coefficient (Wildman–Crippen LogP) is 0.829. The first-order valence-electron chi connectivity index (χ1n) is 4.08. The lowest BCUT2D eigenvalue weighted by Gasteiger charge is -2.04. The van der Waals surface area contributed by atoms with Crippen LogP contribution in [-0.2, 0) is 14.4 Å². The van der Waals surface area contributed by atoms with E-state index >= 15 is 0 Å². The largest absolute Gasteiger partial charge is 0.481 e. The van der Waals surface area contributed by atoms with Gasteiger partial charge in [0.2, 0.25) is 0 Å². The number of rotatable bonds is 5. The fraction of sp³-hybridized carbons (Fsp3) is 0.444.